The van der Waals surface area contributed by atoms with Gasteiger partial charge in [-0.3, -0.25) is 0 Å². The summed E-state index contributed by atoms with van der Waals surface area (Å²) in [4.78, 5) is 10.1. The Morgan fingerprint density at radius 2 is 2.20 bits per heavy atom. The zero-order valence-corrected chi connectivity index (χ0v) is 8.67. The fraction of sp³-hybridized carbons (Fsp3) is 0.250. The van der Waals surface area contributed by atoms with Crippen molar-refractivity contribution in [2.45, 2.75) is 0 Å². The number of benzene rings is 1. The molecule has 0 spiro atoms. The Morgan fingerprint density at radius 1 is 1.40 bits per heavy atom. The maximum Gasteiger partial charge on any atom is 0.228 e. The van der Waals surface area contributed by atoms with Crippen molar-refractivity contribution in [1.82, 2.24) is 0 Å². The molecular formula is C12H15N2O+. The molecule has 78 valence electrons. The maximum atomic E-state index is 5.92. The van der Waals surface area contributed by atoms with Gasteiger partial charge in [-0.2, -0.15) is 0 Å². The molecule has 15 heavy (non-hydrogen) atoms. The van der Waals surface area contributed by atoms with Gasteiger partial charge in [0.1, 0.15) is 13.1 Å². The van der Waals surface area contributed by atoms with Gasteiger partial charge >= 0.3 is 0 Å². The van der Waals surface area contributed by atoms with Gasteiger partial charge < -0.3 is 4.84 Å². The number of hydroxylamine groups is 3. The first-order valence-corrected chi connectivity index (χ1v) is 5.08. The van der Waals surface area contributed by atoms with Crippen molar-refractivity contribution in [3.05, 3.63) is 43.0 Å². The van der Waals surface area contributed by atoms with Crippen molar-refractivity contribution in [2.24, 2.45) is 4.99 Å². The number of hydrogen-bond acceptors (Lipinski definition) is 2. The van der Waals surface area contributed by atoms with Crippen molar-refractivity contribution in [1.29, 1.82) is 0 Å². The lowest BCUT2D eigenvalue weighted by molar-refractivity contribution is -0.990. The Labute approximate surface area is 89.9 Å². The molecule has 1 aliphatic heterocycles. The lowest BCUT2D eigenvalue weighted by Gasteiger charge is -2.26. The molecule has 1 heterocycles. The quantitative estimate of drug-likeness (QED) is 0.542. The maximum absolute atomic E-state index is 5.92. The first-order valence-electron chi connectivity index (χ1n) is 5.08. The molecule has 1 atom stereocenters. The molecule has 3 heteroatoms. The summed E-state index contributed by atoms with van der Waals surface area (Å²) >= 11 is 0. The van der Waals surface area contributed by atoms with Crippen LogP contribution >= 0.6 is 0 Å². The van der Waals surface area contributed by atoms with Crippen LogP contribution in [0.1, 0.15) is 0 Å². The highest BCUT2D eigenvalue weighted by atomic mass is 16.7. The van der Waals surface area contributed by atoms with Gasteiger partial charge in [0.15, 0.2) is 5.75 Å². The fourth-order valence-corrected chi connectivity index (χ4v) is 1.65. The molecule has 0 aliphatic carbocycles. The van der Waals surface area contributed by atoms with Crippen LogP contribution in [0.4, 0.5) is 0 Å². The number of quaternary nitrogens is 1. The number of rotatable bonds is 4. The van der Waals surface area contributed by atoms with E-state index in [-0.39, 0.29) is 0 Å². The first-order chi connectivity index (χ1) is 7.35. The van der Waals surface area contributed by atoms with Crippen LogP contribution in [0.3, 0.4) is 0 Å². The SMILES string of the molecule is C=CC[N+]1(Oc2ccccc2)C=NCC1. The Kier molecular flexibility index (Phi) is 2.83. The van der Waals surface area contributed by atoms with E-state index >= 15 is 0 Å². The smallest absolute Gasteiger partial charge is 0.228 e. The molecule has 0 fully saturated rings. The highest BCUT2D eigenvalue weighted by molar-refractivity contribution is 5.47. The molecule has 0 aromatic heterocycles. The van der Waals surface area contributed by atoms with Gasteiger partial charge in [0.25, 0.3) is 0 Å². The summed E-state index contributed by atoms with van der Waals surface area (Å²) in [5, 5.41) is 0. The molecule has 0 saturated heterocycles. The number of hydrogen-bond donors (Lipinski definition) is 0. The lowest BCUT2D eigenvalue weighted by Crippen LogP contribution is -2.48. The highest BCUT2D eigenvalue weighted by Crippen LogP contribution is 2.17. The topological polar surface area (TPSA) is 21.6 Å². The minimum atomic E-state index is 0.424. The molecule has 3 nitrogen and oxygen atoms in total. The van der Waals surface area contributed by atoms with Crippen molar-refractivity contribution >= 4 is 6.34 Å². The highest BCUT2D eigenvalue weighted by Gasteiger charge is 2.31. The summed E-state index contributed by atoms with van der Waals surface area (Å²) in [6.45, 7) is 6.20. The Morgan fingerprint density at radius 3 is 2.80 bits per heavy atom. The third-order valence-electron chi connectivity index (χ3n) is 2.37. The average molecular weight is 203 g/mol. The van der Waals surface area contributed by atoms with Crippen molar-refractivity contribution in [3.8, 4) is 5.75 Å². The van der Waals surface area contributed by atoms with Gasteiger partial charge in [0, 0.05) is 0 Å². The van der Waals surface area contributed by atoms with E-state index in [9.17, 15) is 0 Å². The normalized spacial score (nSPS) is 24.0. The van der Waals surface area contributed by atoms with Gasteiger partial charge in [-0.1, -0.05) is 29.4 Å². The predicted molar refractivity (Wildman–Crippen MR) is 60.6 cm³/mol. The zero-order valence-electron chi connectivity index (χ0n) is 8.67. The lowest BCUT2D eigenvalue weighted by atomic mass is 10.3. The molecule has 0 saturated carbocycles. The van der Waals surface area contributed by atoms with Crippen LogP contribution < -0.4 is 4.84 Å². The van der Waals surface area contributed by atoms with Crippen molar-refractivity contribution < 1.29 is 9.48 Å². The van der Waals surface area contributed by atoms with Gasteiger partial charge in [0.2, 0.25) is 6.34 Å². The summed E-state index contributed by atoms with van der Waals surface area (Å²) in [7, 11) is 0. The van der Waals surface area contributed by atoms with Crippen molar-refractivity contribution in [2.75, 3.05) is 19.6 Å². The summed E-state index contributed by atoms with van der Waals surface area (Å²) in [6, 6.07) is 9.81. The Hall–Kier alpha value is -1.61. The minimum absolute atomic E-state index is 0.424. The largest absolute Gasteiger partial charge is 0.309 e. The van der Waals surface area contributed by atoms with E-state index in [2.05, 4.69) is 11.6 Å². The van der Waals surface area contributed by atoms with E-state index in [0.29, 0.717) is 4.65 Å². The van der Waals surface area contributed by atoms with Crippen LogP contribution in [0, 0.1) is 0 Å². The number of nitrogens with zero attached hydrogens (tertiary/aromatic N) is 2. The average Bonchev–Trinajstić information content (AvgIpc) is 2.69. The van der Waals surface area contributed by atoms with Gasteiger partial charge in [-0.25, -0.2) is 4.99 Å². The van der Waals surface area contributed by atoms with Crippen LogP contribution in [0.25, 0.3) is 0 Å². The first kappa shape index (κ1) is 9.93. The summed E-state index contributed by atoms with van der Waals surface area (Å²) in [5.41, 5.74) is 0. The van der Waals surface area contributed by atoms with Gasteiger partial charge in [-0.05, 0) is 18.2 Å². The van der Waals surface area contributed by atoms with Crippen LogP contribution in [0.2, 0.25) is 0 Å². The fourth-order valence-electron chi connectivity index (χ4n) is 1.65. The van der Waals surface area contributed by atoms with Crippen LogP contribution in [-0.4, -0.2) is 30.6 Å². The second-order valence-corrected chi connectivity index (χ2v) is 3.57. The van der Waals surface area contributed by atoms with E-state index in [0.717, 1.165) is 25.4 Å². The Bertz CT molecular complexity index is 361. The minimum Gasteiger partial charge on any atom is -0.309 e. The van der Waals surface area contributed by atoms with Crippen LogP contribution in [0.15, 0.2) is 48.0 Å². The molecular weight excluding hydrogens is 188 g/mol. The van der Waals surface area contributed by atoms with E-state index in [1.54, 1.807) is 0 Å². The molecule has 0 radical (unpaired) electrons. The monoisotopic (exact) mass is 203 g/mol. The van der Waals surface area contributed by atoms with Crippen LogP contribution in [0.5, 0.6) is 5.75 Å². The Balaban J connectivity index is 2.14. The summed E-state index contributed by atoms with van der Waals surface area (Å²) in [5.74, 6) is 0.868. The van der Waals surface area contributed by atoms with E-state index in [4.69, 9.17) is 4.84 Å². The summed E-state index contributed by atoms with van der Waals surface area (Å²) < 4.78 is 0.424. The molecule has 1 unspecified atom stereocenters. The molecule has 1 aromatic carbocycles. The molecule has 1 aliphatic rings. The molecule has 0 N–H and O–H groups in total. The predicted octanol–water partition coefficient (Wildman–Crippen LogP) is 2.03. The van der Waals surface area contributed by atoms with Crippen molar-refractivity contribution in [3.63, 3.8) is 0 Å². The zero-order chi connectivity index (χ0) is 10.6. The van der Waals surface area contributed by atoms with Crippen LogP contribution in [-0.2, 0) is 0 Å². The molecule has 1 aromatic rings. The standard InChI is InChI=1S/C12H15N2O/c1-2-9-14(10-8-13-11-14)15-12-6-4-3-5-7-12/h2-7,11H,1,8-10H2/q+1. The number of para-hydroxylation sites is 1. The number of aliphatic imine (C=N–C) groups is 1. The van der Waals surface area contributed by atoms with Gasteiger partial charge in [-0.15, -0.1) is 0 Å². The molecule has 0 amide bonds. The second-order valence-electron chi connectivity index (χ2n) is 3.57. The third-order valence-corrected chi connectivity index (χ3v) is 2.37. The van der Waals surface area contributed by atoms with E-state index < -0.39 is 0 Å². The van der Waals surface area contributed by atoms with E-state index in [1.165, 1.54) is 0 Å². The van der Waals surface area contributed by atoms with Gasteiger partial charge in [0.05, 0.1) is 6.54 Å². The third kappa shape index (κ3) is 2.25. The molecule has 0 bridgehead atoms. The molecule has 2 rings (SSSR count). The van der Waals surface area contributed by atoms with E-state index in [1.807, 2.05) is 42.7 Å². The second kappa shape index (κ2) is 4.28. The summed E-state index contributed by atoms with van der Waals surface area (Å²) in [6.07, 6.45) is 3.72.